The van der Waals surface area contributed by atoms with Crippen LogP contribution in [0.25, 0.3) is 0 Å². The SMILES string of the molecule is CNCCOC(=O)OCCCOCI. The van der Waals surface area contributed by atoms with Crippen molar-refractivity contribution in [3.8, 4) is 0 Å². The first-order valence-electron chi connectivity index (χ1n) is 4.39. The average molecular weight is 317 g/mol. The second-order valence-electron chi connectivity index (χ2n) is 2.42. The molecule has 0 saturated carbocycles. The number of carbonyl (C=O) groups excluding carboxylic acids is 1. The van der Waals surface area contributed by atoms with Crippen LogP contribution in [-0.2, 0) is 14.2 Å². The van der Waals surface area contributed by atoms with E-state index in [4.69, 9.17) is 14.2 Å². The molecule has 0 atom stereocenters. The quantitative estimate of drug-likeness (QED) is 0.315. The lowest BCUT2D eigenvalue weighted by Gasteiger charge is -2.05. The van der Waals surface area contributed by atoms with E-state index in [1.54, 1.807) is 7.05 Å². The molecule has 0 rings (SSSR count). The highest BCUT2D eigenvalue weighted by molar-refractivity contribution is 14.1. The number of rotatable bonds is 8. The maximum absolute atomic E-state index is 10.8. The van der Waals surface area contributed by atoms with Crippen LogP contribution < -0.4 is 5.32 Å². The second-order valence-corrected chi connectivity index (χ2v) is 3.04. The lowest BCUT2D eigenvalue weighted by atomic mass is 10.5. The van der Waals surface area contributed by atoms with Crippen molar-refractivity contribution in [3.63, 3.8) is 0 Å². The minimum absolute atomic E-state index is 0.333. The Labute approximate surface area is 97.6 Å². The summed E-state index contributed by atoms with van der Waals surface area (Å²) in [5.74, 6) is 0. The monoisotopic (exact) mass is 317 g/mol. The number of carbonyl (C=O) groups is 1. The number of likely N-dealkylation sites (N-methyl/N-ethyl adjacent to an activating group) is 1. The van der Waals surface area contributed by atoms with Gasteiger partial charge in [0.2, 0.25) is 0 Å². The van der Waals surface area contributed by atoms with Gasteiger partial charge in [0.25, 0.3) is 0 Å². The summed E-state index contributed by atoms with van der Waals surface area (Å²) in [6.07, 6.45) is 0.0825. The summed E-state index contributed by atoms with van der Waals surface area (Å²) < 4.78 is 15.2. The summed E-state index contributed by atoms with van der Waals surface area (Å²) in [7, 11) is 1.79. The minimum Gasteiger partial charge on any atom is -0.434 e. The number of hydrogen-bond donors (Lipinski definition) is 1. The van der Waals surface area contributed by atoms with Gasteiger partial charge in [0, 0.05) is 13.0 Å². The molecule has 0 spiro atoms. The first-order chi connectivity index (χ1) is 6.81. The van der Waals surface area contributed by atoms with Crippen LogP contribution in [0.2, 0.25) is 0 Å². The third kappa shape index (κ3) is 10.0. The third-order valence-electron chi connectivity index (χ3n) is 1.30. The highest BCUT2D eigenvalue weighted by atomic mass is 127. The van der Waals surface area contributed by atoms with Crippen molar-refractivity contribution in [1.29, 1.82) is 0 Å². The molecule has 0 heterocycles. The van der Waals surface area contributed by atoms with Crippen LogP contribution in [-0.4, -0.2) is 44.2 Å². The van der Waals surface area contributed by atoms with E-state index in [2.05, 4.69) is 27.9 Å². The summed E-state index contributed by atoms with van der Waals surface area (Å²) in [6.45, 7) is 1.91. The lowest BCUT2D eigenvalue weighted by molar-refractivity contribution is 0.0496. The molecule has 0 unspecified atom stereocenters. The maximum atomic E-state index is 10.8. The van der Waals surface area contributed by atoms with Crippen molar-refractivity contribution in [2.24, 2.45) is 0 Å². The van der Waals surface area contributed by atoms with Gasteiger partial charge in [-0.25, -0.2) is 4.79 Å². The van der Waals surface area contributed by atoms with Crippen molar-refractivity contribution in [2.45, 2.75) is 6.42 Å². The van der Waals surface area contributed by atoms with E-state index < -0.39 is 6.16 Å². The molecular weight excluding hydrogens is 301 g/mol. The van der Waals surface area contributed by atoms with E-state index in [1.807, 2.05) is 0 Å². The number of halogens is 1. The summed E-state index contributed by atoms with van der Waals surface area (Å²) in [6, 6.07) is 0. The summed E-state index contributed by atoms with van der Waals surface area (Å²) in [5.41, 5.74) is 0. The van der Waals surface area contributed by atoms with Crippen LogP contribution in [0.15, 0.2) is 0 Å². The van der Waals surface area contributed by atoms with E-state index in [1.165, 1.54) is 0 Å². The summed E-state index contributed by atoms with van der Waals surface area (Å²) in [4.78, 5) is 10.8. The normalized spacial score (nSPS) is 9.86. The van der Waals surface area contributed by atoms with Gasteiger partial charge in [0.05, 0.1) is 17.8 Å². The van der Waals surface area contributed by atoms with E-state index in [0.29, 0.717) is 37.4 Å². The highest BCUT2D eigenvalue weighted by Gasteiger charge is 2.01. The number of hydrogen-bond acceptors (Lipinski definition) is 5. The Bertz CT molecular complexity index is 145. The Morgan fingerprint density at radius 3 is 2.64 bits per heavy atom. The lowest BCUT2D eigenvalue weighted by Crippen LogP contribution is -2.18. The first-order valence-corrected chi connectivity index (χ1v) is 5.91. The topological polar surface area (TPSA) is 56.8 Å². The fourth-order valence-electron chi connectivity index (χ4n) is 0.649. The first kappa shape index (κ1) is 13.9. The molecule has 5 nitrogen and oxygen atoms in total. The maximum Gasteiger partial charge on any atom is 0.508 e. The van der Waals surface area contributed by atoms with Crippen LogP contribution in [0.5, 0.6) is 0 Å². The van der Waals surface area contributed by atoms with Gasteiger partial charge >= 0.3 is 6.16 Å². The molecule has 0 fully saturated rings. The Morgan fingerprint density at radius 1 is 1.29 bits per heavy atom. The molecule has 0 aliphatic heterocycles. The summed E-state index contributed by atoms with van der Waals surface area (Å²) in [5, 5.41) is 2.85. The average Bonchev–Trinajstić information content (AvgIpc) is 2.18. The third-order valence-corrected chi connectivity index (χ3v) is 1.74. The smallest absolute Gasteiger partial charge is 0.434 e. The van der Waals surface area contributed by atoms with E-state index in [0.717, 1.165) is 0 Å². The molecule has 84 valence electrons. The van der Waals surface area contributed by atoms with E-state index >= 15 is 0 Å². The molecule has 14 heavy (non-hydrogen) atoms. The van der Waals surface area contributed by atoms with Gasteiger partial charge in [-0.3, -0.25) is 0 Å². The van der Waals surface area contributed by atoms with Gasteiger partial charge in [-0.05, 0) is 7.05 Å². The van der Waals surface area contributed by atoms with Gasteiger partial charge in [-0.2, -0.15) is 0 Å². The van der Waals surface area contributed by atoms with Crippen molar-refractivity contribution >= 4 is 28.7 Å². The van der Waals surface area contributed by atoms with Gasteiger partial charge in [0.15, 0.2) is 0 Å². The fraction of sp³-hybridized carbons (Fsp3) is 0.875. The van der Waals surface area contributed by atoms with Gasteiger partial charge < -0.3 is 19.5 Å². The predicted molar refractivity (Wildman–Crippen MR) is 60.7 cm³/mol. The zero-order valence-corrected chi connectivity index (χ0v) is 10.4. The van der Waals surface area contributed by atoms with Crippen LogP contribution in [0.1, 0.15) is 6.42 Å². The van der Waals surface area contributed by atoms with Crippen molar-refractivity contribution in [3.05, 3.63) is 0 Å². The Balaban J connectivity index is 3.10. The van der Waals surface area contributed by atoms with Crippen LogP contribution >= 0.6 is 22.6 Å². The van der Waals surface area contributed by atoms with Gasteiger partial charge in [-0.15, -0.1) is 0 Å². The zero-order chi connectivity index (χ0) is 10.6. The van der Waals surface area contributed by atoms with Crippen LogP contribution in [0.3, 0.4) is 0 Å². The number of alkyl halides is 1. The zero-order valence-electron chi connectivity index (χ0n) is 8.25. The molecule has 0 aromatic carbocycles. The molecule has 0 radical (unpaired) electrons. The van der Waals surface area contributed by atoms with Crippen LogP contribution in [0, 0.1) is 0 Å². The van der Waals surface area contributed by atoms with Gasteiger partial charge in [-0.1, -0.05) is 22.6 Å². The molecular formula is C8H16INO4. The molecule has 0 aliphatic carbocycles. The Hall–Kier alpha value is -0.0800. The number of nitrogens with one attached hydrogen (secondary N) is 1. The standard InChI is InChI=1S/C8H16INO4/c1-10-3-6-14-8(11)13-5-2-4-12-7-9/h10H,2-7H2,1H3. The Kier molecular flexibility index (Phi) is 10.9. The van der Waals surface area contributed by atoms with Crippen LogP contribution in [0.4, 0.5) is 4.79 Å². The highest BCUT2D eigenvalue weighted by Crippen LogP contribution is 1.91. The molecule has 0 saturated heterocycles. The molecule has 0 aromatic heterocycles. The molecule has 0 bridgehead atoms. The largest absolute Gasteiger partial charge is 0.508 e. The number of ether oxygens (including phenoxy) is 3. The van der Waals surface area contributed by atoms with E-state index in [9.17, 15) is 4.79 Å². The molecule has 6 heteroatoms. The van der Waals surface area contributed by atoms with Crippen molar-refractivity contribution in [2.75, 3.05) is 38.0 Å². The predicted octanol–water partition coefficient (Wildman–Crippen LogP) is 1.16. The molecule has 0 aromatic rings. The second kappa shape index (κ2) is 11.0. The molecule has 0 aliphatic rings. The van der Waals surface area contributed by atoms with E-state index in [-0.39, 0.29) is 0 Å². The fourth-order valence-corrected chi connectivity index (χ4v) is 0.961. The van der Waals surface area contributed by atoms with Crippen molar-refractivity contribution < 1.29 is 19.0 Å². The minimum atomic E-state index is -0.616. The molecule has 0 amide bonds. The van der Waals surface area contributed by atoms with Crippen molar-refractivity contribution in [1.82, 2.24) is 5.32 Å². The summed E-state index contributed by atoms with van der Waals surface area (Å²) >= 11 is 2.11. The van der Waals surface area contributed by atoms with Gasteiger partial charge in [0.1, 0.15) is 6.61 Å². The Morgan fingerprint density at radius 2 is 2.00 bits per heavy atom. The molecule has 1 N–H and O–H groups in total.